The molecule has 2 aromatic heterocycles. The van der Waals surface area contributed by atoms with Crippen LogP contribution in [0, 0.1) is 19.3 Å². The molecule has 8 nitrogen and oxygen atoms in total. The molecule has 3 heterocycles. The van der Waals surface area contributed by atoms with Crippen molar-refractivity contribution in [2.75, 3.05) is 31.6 Å². The second-order valence-corrected chi connectivity index (χ2v) is 14.7. The maximum atomic E-state index is 13.3. The highest BCUT2D eigenvalue weighted by atomic mass is 28.3. The predicted molar refractivity (Wildman–Crippen MR) is 152 cm³/mol. The molecule has 0 aromatic carbocycles. The minimum atomic E-state index is -1.39. The number of nitrogens with zero attached hydrogens (tertiary/aromatic N) is 4. The van der Waals surface area contributed by atoms with Crippen molar-refractivity contribution in [3.8, 4) is 11.6 Å². The number of hydrogen-bond acceptors (Lipinski definition) is 6. The summed E-state index contributed by atoms with van der Waals surface area (Å²) in [6.45, 7) is 22.5. The number of piperazine rings is 1. The van der Waals surface area contributed by atoms with Crippen LogP contribution in [0.4, 0.5) is 10.5 Å². The molecule has 1 aliphatic rings. The standard InChI is InChI=1S/C28H46N4O4Si/c1-19-12-13-20(2)32(19)24-16-23(34-9)21(17-29-24)30-14-15-31(26(33)35-28(6,7)8)22(18-30)25(27(3,4)5)36-37(10)11/h12-13,16-17,22,25,37H,14-15,18H2,1-11H3/t22-,25?/m1/s1. The number of amides is 1. The quantitative estimate of drug-likeness (QED) is 0.470. The number of aryl methyl sites for hydroxylation is 2. The van der Waals surface area contributed by atoms with Gasteiger partial charge in [-0.2, -0.15) is 0 Å². The number of carbonyl (C=O) groups excluding carboxylic acids is 1. The lowest BCUT2D eigenvalue weighted by atomic mass is 9.83. The molecule has 2 atom stereocenters. The Kier molecular flexibility index (Phi) is 8.69. The van der Waals surface area contributed by atoms with Crippen LogP contribution in [0.1, 0.15) is 52.9 Å². The monoisotopic (exact) mass is 530 g/mol. The molecular weight excluding hydrogens is 484 g/mol. The highest BCUT2D eigenvalue weighted by molar-refractivity contribution is 6.48. The van der Waals surface area contributed by atoms with E-state index in [1.165, 1.54) is 0 Å². The first-order valence-corrected chi connectivity index (χ1v) is 16.0. The van der Waals surface area contributed by atoms with E-state index in [0.717, 1.165) is 28.6 Å². The first kappa shape index (κ1) is 29.0. The molecule has 9 heteroatoms. The molecular formula is C28H46N4O4Si. The zero-order valence-corrected chi connectivity index (χ0v) is 25.7. The lowest BCUT2D eigenvalue weighted by molar-refractivity contribution is -0.0289. The van der Waals surface area contributed by atoms with Gasteiger partial charge in [-0.3, -0.25) is 4.90 Å². The van der Waals surface area contributed by atoms with Gasteiger partial charge in [-0.1, -0.05) is 20.8 Å². The van der Waals surface area contributed by atoms with Gasteiger partial charge in [0.1, 0.15) is 17.2 Å². The van der Waals surface area contributed by atoms with Crippen molar-refractivity contribution in [3.05, 3.63) is 35.8 Å². The normalized spacial score (nSPS) is 17.8. The van der Waals surface area contributed by atoms with Crippen LogP contribution in [0.25, 0.3) is 5.82 Å². The number of methoxy groups -OCH3 is 1. The van der Waals surface area contributed by atoms with Crippen LogP contribution in [0.5, 0.6) is 5.75 Å². The van der Waals surface area contributed by atoms with Gasteiger partial charge in [0.2, 0.25) is 0 Å². The van der Waals surface area contributed by atoms with E-state index in [9.17, 15) is 4.79 Å². The Labute approximate surface area is 224 Å². The molecule has 0 bridgehead atoms. The van der Waals surface area contributed by atoms with Gasteiger partial charge < -0.3 is 23.4 Å². The molecule has 1 saturated heterocycles. The summed E-state index contributed by atoms with van der Waals surface area (Å²) < 4.78 is 20.4. The summed E-state index contributed by atoms with van der Waals surface area (Å²) in [6.07, 6.45) is 1.45. The van der Waals surface area contributed by atoms with Crippen LogP contribution in [0.3, 0.4) is 0 Å². The van der Waals surface area contributed by atoms with Gasteiger partial charge in [-0.15, -0.1) is 0 Å². The number of carbonyl (C=O) groups is 1. The molecule has 206 valence electrons. The number of aromatic nitrogens is 2. The Bertz CT molecular complexity index is 1070. The van der Waals surface area contributed by atoms with Crippen LogP contribution in [0.15, 0.2) is 24.4 Å². The summed E-state index contributed by atoms with van der Waals surface area (Å²) in [5.41, 5.74) is 2.42. The largest absolute Gasteiger partial charge is 0.494 e. The summed E-state index contributed by atoms with van der Waals surface area (Å²) in [7, 11) is 0.300. The third-order valence-corrected chi connectivity index (χ3v) is 7.40. The Morgan fingerprint density at radius 2 is 1.70 bits per heavy atom. The average Bonchev–Trinajstić information content (AvgIpc) is 3.12. The van der Waals surface area contributed by atoms with Gasteiger partial charge in [-0.25, -0.2) is 9.78 Å². The Hall–Kier alpha value is -2.52. The first-order chi connectivity index (χ1) is 17.1. The molecule has 1 aliphatic heterocycles. The maximum absolute atomic E-state index is 13.3. The van der Waals surface area contributed by atoms with Gasteiger partial charge in [0.25, 0.3) is 0 Å². The second-order valence-electron chi connectivity index (χ2n) is 12.3. The lowest BCUT2D eigenvalue weighted by Crippen LogP contribution is -2.63. The van der Waals surface area contributed by atoms with E-state index in [4.69, 9.17) is 18.9 Å². The number of hydrogen-bond donors (Lipinski definition) is 0. The van der Waals surface area contributed by atoms with E-state index in [2.05, 4.69) is 69.3 Å². The van der Waals surface area contributed by atoms with Gasteiger partial charge in [0.05, 0.1) is 31.1 Å². The Morgan fingerprint density at radius 3 is 2.22 bits per heavy atom. The third-order valence-electron chi connectivity index (χ3n) is 6.56. The molecule has 1 amide bonds. The number of ether oxygens (including phenoxy) is 2. The molecule has 0 saturated carbocycles. The van der Waals surface area contributed by atoms with E-state index in [-0.39, 0.29) is 23.7 Å². The number of pyridine rings is 1. The minimum absolute atomic E-state index is 0.141. The van der Waals surface area contributed by atoms with E-state index in [0.29, 0.717) is 19.6 Å². The second kappa shape index (κ2) is 11.1. The molecule has 2 aromatic rings. The van der Waals surface area contributed by atoms with Gasteiger partial charge in [0.15, 0.2) is 9.04 Å². The van der Waals surface area contributed by atoms with Crippen molar-refractivity contribution >= 4 is 20.8 Å². The number of anilines is 1. The molecule has 3 rings (SSSR count). The van der Waals surface area contributed by atoms with Crippen LogP contribution in [-0.4, -0.2) is 74.1 Å². The fraction of sp³-hybridized carbons (Fsp3) is 0.643. The summed E-state index contributed by atoms with van der Waals surface area (Å²) in [4.78, 5) is 22.3. The summed E-state index contributed by atoms with van der Waals surface area (Å²) in [5, 5.41) is 0. The van der Waals surface area contributed by atoms with Crippen LogP contribution < -0.4 is 9.64 Å². The van der Waals surface area contributed by atoms with Crippen molar-refractivity contribution in [1.82, 2.24) is 14.5 Å². The van der Waals surface area contributed by atoms with E-state index < -0.39 is 14.6 Å². The van der Waals surface area contributed by atoms with Crippen molar-refractivity contribution < 1.29 is 18.7 Å². The lowest BCUT2D eigenvalue weighted by Gasteiger charge is -2.49. The first-order valence-electron chi connectivity index (χ1n) is 13.2. The third kappa shape index (κ3) is 6.87. The Balaban J connectivity index is 1.99. The zero-order valence-electron chi connectivity index (χ0n) is 24.6. The van der Waals surface area contributed by atoms with Crippen molar-refractivity contribution in [3.63, 3.8) is 0 Å². The van der Waals surface area contributed by atoms with Gasteiger partial charge in [-0.05, 0) is 65.3 Å². The highest BCUT2D eigenvalue weighted by Crippen LogP contribution is 2.36. The van der Waals surface area contributed by atoms with E-state index >= 15 is 0 Å². The molecule has 0 aliphatic carbocycles. The van der Waals surface area contributed by atoms with E-state index in [1.54, 1.807) is 7.11 Å². The predicted octanol–water partition coefficient (Wildman–Crippen LogP) is 5.34. The molecule has 1 unspecified atom stereocenters. The van der Waals surface area contributed by atoms with Gasteiger partial charge in [0, 0.05) is 37.1 Å². The van der Waals surface area contributed by atoms with Gasteiger partial charge >= 0.3 is 6.09 Å². The highest BCUT2D eigenvalue weighted by Gasteiger charge is 2.43. The number of rotatable bonds is 6. The van der Waals surface area contributed by atoms with E-state index in [1.807, 2.05) is 37.9 Å². The smallest absolute Gasteiger partial charge is 0.410 e. The summed E-state index contributed by atoms with van der Waals surface area (Å²) >= 11 is 0. The Morgan fingerprint density at radius 1 is 1.08 bits per heavy atom. The minimum Gasteiger partial charge on any atom is -0.494 e. The van der Waals surface area contributed by atoms with Crippen LogP contribution in [0.2, 0.25) is 13.1 Å². The summed E-state index contributed by atoms with van der Waals surface area (Å²) in [5.74, 6) is 1.58. The molecule has 0 spiro atoms. The van der Waals surface area contributed by atoms with Crippen molar-refractivity contribution in [1.29, 1.82) is 0 Å². The molecule has 37 heavy (non-hydrogen) atoms. The SMILES string of the molecule is COc1cc(-n2c(C)ccc2C)ncc1N1CCN(C(=O)OC(C)(C)C)[C@@H](C(O[SiH](C)C)C(C)(C)C)C1. The fourth-order valence-electron chi connectivity index (χ4n) is 4.97. The topological polar surface area (TPSA) is 69.1 Å². The zero-order chi connectivity index (χ0) is 27.7. The van der Waals surface area contributed by atoms with Crippen molar-refractivity contribution in [2.45, 2.75) is 86.2 Å². The molecule has 0 N–H and O–H groups in total. The maximum Gasteiger partial charge on any atom is 0.410 e. The van der Waals surface area contributed by atoms with Crippen LogP contribution in [-0.2, 0) is 9.16 Å². The van der Waals surface area contributed by atoms with Crippen LogP contribution >= 0.6 is 0 Å². The summed E-state index contributed by atoms with van der Waals surface area (Å²) in [6, 6.07) is 5.98. The average molecular weight is 531 g/mol. The molecule has 0 radical (unpaired) electrons. The van der Waals surface area contributed by atoms with Crippen molar-refractivity contribution in [2.24, 2.45) is 5.41 Å². The fourth-order valence-corrected chi connectivity index (χ4v) is 6.15. The molecule has 1 fully saturated rings.